The van der Waals surface area contributed by atoms with E-state index < -0.39 is 0 Å². The van der Waals surface area contributed by atoms with Crippen LogP contribution in [0, 0.1) is 6.92 Å². The number of rotatable bonds is 4. The van der Waals surface area contributed by atoms with Gasteiger partial charge in [0.1, 0.15) is 0 Å². The van der Waals surface area contributed by atoms with Crippen LogP contribution in [0.15, 0.2) is 42.5 Å². The molecule has 3 nitrogen and oxygen atoms in total. The van der Waals surface area contributed by atoms with Crippen LogP contribution >= 0.6 is 11.6 Å². The summed E-state index contributed by atoms with van der Waals surface area (Å²) in [5, 5.41) is 0.632. The number of nitrogens with two attached hydrogens (primary N) is 2. The van der Waals surface area contributed by atoms with Crippen LogP contribution in [-0.2, 0) is 6.42 Å². The zero-order chi connectivity index (χ0) is 13.8. The Morgan fingerprint density at radius 1 is 1.21 bits per heavy atom. The summed E-state index contributed by atoms with van der Waals surface area (Å²) in [6, 6.07) is 13.8. The van der Waals surface area contributed by atoms with Gasteiger partial charge in [-0.2, -0.15) is 0 Å². The molecule has 0 fully saturated rings. The monoisotopic (exact) mass is 275 g/mol. The number of hydrazine groups is 1. The van der Waals surface area contributed by atoms with Gasteiger partial charge in [0, 0.05) is 10.7 Å². The van der Waals surface area contributed by atoms with E-state index in [9.17, 15) is 0 Å². The van der Waals surface area contributed by atoms with Gasteiger partial charge in [0.25, 0.3) is 0 Å². The van der Waals surface area contributed by atoms with Crippen molar-refractivity contribution in [1.29, 1.82) is 0 Å². The van der Waals surface area contributed by atoms with Crippen molar-refractivity contribution in [2.24, 2.45) is 5.84 Å². The molecular formula is C15H18ClN3. The van der Waals surface area contributed by atoms with Crippen LogP contribution < -0.4 is 17.0 Å². The third-order valence-electron chi connectivity index (χ3n) is 3.15. The Hall–Kier alpha value is -1.55. The first-order valence-corrected chi connectivity index (χ1v) is 6.54. The number of anilines is 1. The molecule has 0 aliphatic rings. The number of aryl methyl sites for hydroxylation is 1. The summed E-state index contributed by atoms with van der Waals surface area (Å²) < 4.78 is 0. The maximum Gasteiger partial charge on any atom is 0.0520 e. The van der Waals surface area contributed by atoms with Crippen molar-refractivity contribution in [2.45, 2.75) is 19.4 Å². The smallest absolute Gasteiger partial charge is 0.0520 e. The lowest BCUT2D eigenvalue weighted by atomic mass is 9.97. The van der Waals surface area contributed by atoms with E-state index in [4.69, 9.17) is 23.2 Å². The molecule has 0 aliphatic carbocycles. The molecule has 1 atom stereocenters. The van der Waals surface area contributed by atoms with Crippen molar-refractivity contribution in [2.75, 3.05) is 5.73 Å². The highest BCUT2D eigenvalue weighted by Gasteiger charge is 2.13. The fourth-order valence-corrected chi connectivity index (χ4v) is 2.38. The standard InChI is InChI=1S/C15H18ClN3/c1-10-3-2-4-11(7-10)8-15(19-18)13-6-5-12(16)9-14(13)17/h2-7,9,15,19H,8,17-18H2,1H3. The second-order valence-electron chi connectivity index (χ2n) is 4.69. The molecule has 2 aromatic rings. The number of halogens is 1. The minimum Gasteiger partial charge on any atom is -0.398 e. The van der Waals surface area contributed by atoms with Gasteiger partial charge in [-0.1, -0.05) is 47.5 Å². The largest absolute Gasteiger partial charge is 0.398 e. The summed E-state index contributed by atoms with van der Waals surface area (Å²) in [6.45, 7) is 2.07. The van der Waals surface area contributed by atoms with Crippen LogP contribution in [0.3, 0.4) is 0 Å². The molecular weight excluding hydrogens is 258 g/mol. The molecule has 0 bridgehead atoms. The lowest BCUT2D eigenvalue weighted by Gasteiger charge is -2.18. The molecule has 0 saturated heterocycles. The van der Waals surface area contributed by atoms with Crippen LogP contribution in [0.1, 0.15) is 22.7 Å². The Morgan fingerprint density at radius 2 is 2.00 bits per heavy atom. The SMILES string of the molecule is Cc1cccc(CC(NN)c2ccc(Cl)cc2N)c1. The van der Waals surface area contributed by atoms with Crippen LogP contribution in [-0.4, -0.2) is 0 Å². The molecule has 1 unspecified atom stereocenters. The quantitative estimate of drug-likeness (QED) is 0.457. The lowest BCUT2D eigenvalue weighted by molar-refractivity contribution is 0.553. The zero-order valence-electron chi connectivity index (χ0n) is 10.9. The van der Waals surface area contributed by atoms with E-state index in [1.807, 2.05) is 18.2 Å². The summed E-state index contributed by atoms with van der Waals surface area (Å²) in [7, 11) is 0. The van der Waals surface area contributed by atoms with Gasteiger partial charge in [-0.25, -0.2) is 0 Å². The molecule has 100 valence electrons. The second kappa shape index (κ2) is 6.06. The van der Waals surface area contributed by atoms with E-state index in [1.54, 1.807) is 6.07 Å². The first-order chi connectivity index (χ1) is 9.10. The molecule has 0 spiro atoms. The average molecular weight is 276 g/mol. The molecule has 0 radical (unpaired) electrons. The minimum absolute atomic E-state index is 0.0286. The third kappa shape index (κ3) is 3.47. The molecule has 0 heterocycles. The minimum atomic E-state index is -0.0286. The molecule has 2 aromatic carbocycles. The van der Waals surface area contributed by atoms with Gasteiger partial charge < -0.3 is 5.73 Å². The van der Waals surface area contributed by atoms with Gasteiger partial charge in [0.2, 0.25) is 0 Å². The van der Waals surface area contributed by atoms with Crippen LogP contribution in [0.4, 0.5) is 5.69 Å². The van der Waals surface area contributed by atoms with Crippen molar-refractivity contribution in [3.63, 3.8) is 0 Å². The highest BCUT2D eigenvalue weighted by molar-refractivity contribution is 6.30. The first-order valence-electron chi connectivity index (χ1n) is 6.16. The fourth-order valence-electron chi connectivity index (χ4n) is 2.20. The van der Waals surface area contributed by atoms with Crippen LogP contribution in [0.2, 0.25) is 5.02 Å². The fraction of sp³-hybridized carbons (Fsp3) is 0.200. The van der Waals surface area contributed by atoms with E-state index >= 15 is 0 Å². The molecule has 0 saturated carbocycles. The predicted molar refractivity (Wildman–Crippen MR) is 80.8 cm³/mol. The molecule has 0 aromatic heterocycles. The Balaban J connectivity index is 2.25. The normalized spacial score (nSPS) is 12.4. The van der Waals surface area contributed by atoms with Crippen LogP contribution in [0.25, 0.3) is 0 Å². The summed E-state index contributed by atoms with van der Waals surface area (Å²) >= 11 is 5.91. The predicted octanol–water partition coefficient (Wildman–Crippen LogP) is 2.98. The highest BCUT2D eigenvalue weighted by Crippen LogP contribution is 2.26. The highest BCUT2D eigenvalue weighted by atomic mass is 35.5. The van der Waals surface area contributed by atoms with E-state index in [0.717, 1.165) is 12.0 Å². The van der Waals surface area contributed by atoms with E-state index in [2.05, 4.69) is 30.5 Å². The van der Waals surface area contributed by atoms with Crippen molar-refractivity contribution < 1.29 is 0 Å². The van der Waals surface area contributed by atoms with Gasteiger partial charge in [0.05, 0.1) is 6.04 Å². The van der Waals surface area contributed by atoms with Gasteiger partial charge >= 0.3 is 0 Å². The zero-order valence-corrected chi connectivity index (χ0v) is 11.6. The van der Waals surface area contributed by atoms with E-state index in [0.29, 0.717) is 10.7 Å². The Bertz CT molecular complexity index is 569. The van der Waals surface area contributed by atoms with Crippen molar-refractivity contribution in [3.05, 3.63) is 64.2 Å². The number of benzene rings is 2. The first kappa shape index (κ1) is 13.9. The number of hydrogen-bond donors (Lipinski definition) is 3. The topological polar surface area (TPSA) is 64.1 Å². The Morgan fingerprint density at radius 3 is 2.63 bits per heavy atom. The molecule has 19 heavy (non-hydrogen) atoms. The van der Waals surface area contributed by atoms with E-state index in [1.165, 1.54) is 11.1 Å². The second-order valence-corrected chi connectivity index (χ2v) is 5.12. The Labute approximate surface area is 118 Å². The summed E-state index contributed by atoms with van der Waals surface area (Å²) in [5.74, 6) is 5.66. The summed E-state index contributed by atoms with van der Waals surface area (Å²) in [6.07, 6.45) is 0.782. The summed E-state index contributed by atoms with van der Waals surface area (Å²) in [4.78, 5) is 0. The van der Waals surface area contributed by atoms with E-state index in [-0.39, 0.29) is 6.04 Å². The van der Waals surface area contributed by atoms with Gasteiger partial charge in [-0.15, -0.1) is 0 Å². The lowest BCUT2D eigenvalue weighted by Crippen LogP contribution is -2.30. The average Bonchev–Trinajstić information content (AvgIpc) is 2.37. The van der Waals surface area contributed by atoms with Crippen molar-refractivity contribution in [1.82, 2.24) is 5.43 Å². The van der Waals surface area contributed by atoms with Crippen LogP contribution in [0.5, 0.6) is 0 Å². The van der Waals surface area contributed by atoms with Gasteiger partial charge in [-0.05, 0) is 36.6 Å². The number of hydrogen-bond acceptors (Lipinski definition) is 3. The number of nitrogens with one attached hydrogen (secondary N) is 1. The molecule has 4 heteroatoms. The van der Waals surface area contributed by atoms with Gasteiger partial charge in [-0.3, -0.25) is 11.3 Å². The number of nitrogen functional groups attached to an aromatic ring is 1. The molecule has 0 amide bonds. The van der Waals surface area contributed by atoms with Crippen molar-refractivity contribution >= 4 is 17.3 Å². The maximum absolute atomic E-state index is 6.00. The third-order valence-corrected chi connectivity index (χ3v) is 3.38. The maximum atomic E-state index is 6.00. The summed E-state index contributed by atoms with van der Waals surface area (Å²) in [5.41, 5.74) is 12.9. The Kier molecular flexibility index (Phi) is 4.43. The molecule has 2 rings (SSSR count). The van der Waals surface area contributed by atoms with Crippen molar-refractivity contribution in [3.8, 4) is 0 Å². The van der Waals surface area contributed by atoms with Gasteiger partial charge in [0.15, 0.2) is 0 Å². The molecule has 5 N–H and O–H groups in total. The molecule has 0 aliphatic heterocycles.